The number of anilines is 1. The number of ether oxygens (including phenoxy) is 1. The Morgan fingerprint density at radius 2 is 1.48 bits per heavy atom. The van der Waals surface area contributed by atoms with Crippen LogP contribution in [0.4, 0.5) is 5.69 Å². The molecule has 0 spiro atoms. The van der Waals surface area contributed by atoms with Gasteiger partial charge in [0.25, 0.3) is 0 Å². The number of carbonyl (C=O) groups excluding carboxylic acids is 1. The number of fused-ring (bicyclic) bond motifs is 1. The molecule has 0 aromatic heterocycles. The maximum Gasteiger partial charge on any atom is 0.165 e. The molecule has 1 N–H and O–H groups in total. The Morgan fingerprint density at radius 3 is 2.15 bits per heavy atom. The second kappa shape index (κ2) is 10.4. The van der Waals surface area contributed by atoms with Crippen molar-refractivity contribution in [1.82, 2.24) is 0 Å². The van der Waals surface area contributed by atoms with E-state index in [0.29, 0.717) is 18.9 Å². The second-order valence-electron chi connectivity index (χ2n) is 8.66. The topological polar surface area (TPSA) is 38.3 Å². The minimum Gasteiger partial charge on any atom is -0.494 e. The van der Waals surface area contributed by atoms with Crippen LogP contribution in [0.5, 0.6) is 5.75 Å². The molecule has 0 aliphatic carbocycles. The summed E-state index contributed by atoms with van der Waals surface area (Å²) in [5, 5.41) is 5.80. The molecular formula is C30H31NO2. The van der Waals surface area contributed by atoms with Crippen LogP contribution in [-0.2, 0) is 0 Å². The van der Waals surface area contributed by atoms with Crippen LogP contribution in [0.1, 0.15) is 60.6 Å². The summed E-state index contributed by atoms with van der Waals surface area (Å²) in [6.45, 7) is 6.99. The van der Waals surface area contributed by atoms with Crippen LogP contribution in [0.3, 0.4) is 0 Å². The van der Waals surface area contributed by atoms with Crippen molar-refractivity contribution in [2.75, 3.05) is 11.9 Å². The molecule has 0 aliphatic heterocycles. The number of carbonyl (C=O) groups is 1. The maximum atomic E-state index is 13.3. The first-order chi connectivity index (χ1) is 16.0. The van der Waals surface area contributed by atoms with E-state index in [1.165, 1.54) is 5.56 Å². The molecule has 4 rings (SSSR count). The highest BCUT2D eigenvalue weighted by Gasteiger charge is 2.18. The van der Waals surface area contributed by atoms with Gasteiger partial charge in [0.05, 0.1) is 12.6 Å². The number of benzene rings is 4. The van der Waals surface area contributed by atoms with Gasteiger partial charge in [-0.25, -0.2) is 0 Å². The molecule has 0 saturated carbocycles. The van der Waals surface area contributed by atoms with Crippen molar-refractivity contribution in [3.63, 3.8) is 0 Å². The Bertz CT molecular complexity index is 1210. The zero-order valence-corrected chi connectivity index (χ0v) is 19.5. The molecule has 0 saturated heterocycles. The van der Waals surface area contributed by atoms with Gasteiger partial charge < -0.3 is 10.1 Å². The predicted octanol–water partition coefficient (Wildman–Crippen LogP) is 7.79. The standard InChI is InChI=1S/C30H31NO2/c1-4-33-28-17-15-27(16-18-28)31-29(24-12-9-22(10-13-24)21(2)3)20-30(32)26-14-11-23-7-5-6-8-25(23)19-26/h5-19,21,29,31H,4,20H2,1-3H3. The van der Waals surface area contributed by atoms with E-state index in [0.717, 1.165) is 33.3 Å². The lowest BCUT2D eigenvalue weighted by molar-refractivity contribution is 0.0976. The van der Waals surface area contributed by atoms with Gasteiger partial charge in [-0.05, 0) is 65.1 Å². The molecule has 3 nitrogen and oxygen atoms in total. The highest BCUT2D eigenvalue weighted by Crippen LogP contribution is 2.28. The van der Waals surface area contributed by atoms with E-state index in [1.54, 1.807) is 0 Å². The molecule has 0 radical (unpaired) electrons. The zero-order valence-electron chi connectivity index (χ0n) is 19.5. The fraction of sp³-hybridized carbons (Fsp3) is 0.233. The Morgan fingerprint density at radius 1 is 0.818 bits per heavy atom. The lowest BCUT2D eigenvalue weighted by atomic mass is 9.94. The molecule has 0 amide bonds. The zero-order chi connectivity index (χ0) is 23.2. The third-order valence-corrected chi connectivity index (χ3v) is 5.97. The quantitative estimate of drug-likeness (QED) is 0.272. The number of Topliss-reactive ketones (excluding diaryl/α,β-unsaturated/α-hetero) is 1. The SMILES string of the molecule is CCOc1ccc(NC(CC(=O)c2ccc3ccccc3c2)c2ccc(C(C)C)cc2)cc1. The van der Waals surface area contributed by atoms with Gasteiger partial charge in [-0.2, -0.15) is 0 Å². The summed E-state index contributed by atoms with van der Waals surface area (Å²) in [5.74, 6) is 1.43. The normalized spacial score (nSPS) is 12.0. The summed E-state index contributed by atoms with van der Waals surface area (Å²) in [6, 6.07) is 30.4. The number of nitrogens with one attached hydrogen (secondary N) is 1. The van der Waals surface area contributed by atoms with Gasteiger partial charge in [0.1, 0.15) is 5.75 Å². The largest absolute Gasteiger partial charge is 0.494 e. The van der Waals surface area contributed by atoms with E-state index in [2.05, 4.69) is 49.5 Å². The molecule has 0 bridgehead atoms. The smallest absolute Gasteiger partial charge is 0.165 e. The van der Waals surface area contributed by atoms with Crippen LogP contribution in [0.25, 0.3) is 10.8 Å². The number of ketones is 1. The van der Waals surface area contributed by atoms with Gasteiger partial charge in [0, 0.05) is 17.7 Å². The highest BCUT2D eigenvalue weighted by molar-refractivity contribution is 6.00. The summed E-state index contributed by atoms with van der Waals surface area (Å²) in [4.78, 5) is 13.3. The van der Waals surface area contributed by atoms with Crippen molar-refractivity contribution < 1.29 is 9.53 Å². The van der Waals surface area contributed by atoms with Gasteiger partial charge in [-0.1, -0.05) is 74.5 Å². The molecule has 33 heavy (non-hydrogen) atoms. The maximum absolute atomic E-state index is 13.3. The third kappa shape index (κ3) is 5.61. The minimum absolute atomic E-state index is 0.122. The Kier molecular flexibility index (Phi) is 7.09. The van der Waals surface area contributed by atoms with E-state index >= 15 is 0 Å². The first-order valence-electron chi connectivity index (χ1n) is 11.6. The van der Waals surface area contributed by atoms with Gasteiger partial charge >= 0.3 is 0 Å². The van der Waals surface area contributed by atoms with Crippen molar-refractivity contribution >= 4 is 22.2 Å². The fourth-order valence-corrected chi connectivity index (χ4v) is 4.05. The number of rotatable bonds is 9. The summed E-state index contributed by atoms with van der Waals surface area (Å²) in [7, 11) is 0. The van der Waals surface area contributed by atoms with Crippen molar-refractivity contribution in [3.05, 3.63) is 108 Å². The Labute approximate surface area is 196 Å². The summed E-state index contributed by atoms with van der Waals surface area (Å²) < 4.78 is 5.56. The molecule has 1 atom stereocenters. The average Bonchev–Trinajstić information content (AvgIpc) is 2.84. The van der Waals surface area contributed by atoms with E-state index in [4.69, 9.17) is 4.74 Å². The number of hydrogen-bond donors (Lipinski definition) is 1. The van der Waals surface area contributed by atoms with Crippen LogP contribution in [-0.4, -0.2) is 12.4 Å². The monoisotopic (exact) mass is 437 g/mol. The third-order valence-electron chi connectivity index (χ3n) is 5.97. The summed E-state index contributed by atoms with van der Waals surface area (Å²) in [5.41, 5.74) is 4.09. The average molecular weight is 438 g/mol. The van der Waals surface area contributed by atoms with Crippen molar-refractivity contribution in [2.24, 2.45) is 0 Å². The first-order valence-corrected chi connectivity index (χ1v) is 11.6. The fourth-order valence-electron chi connectivity index (χ4n) is 4.05. The summed E-state index contributed by atoms with van der Waals surface area (Å²) >= 11 is 0. The van der Waals surface area contributed by atoms with Crippen LogP contribution >= 0.6 is 0 Å². The van der Waals surface area contributed by atoms with Crippen LogP contribution in [0, 0.1) is 0 Å². The Hall–Kier alpha value is -3.59. The van der Waals surface area contributed by atoms with Gasteiger partial charge in [-0.3, -0.25) is 4.79 Å². The van der Waals surface area contributed by atoms with E-state index < -0.39 is 0 Å². The Balaban J connectivity index is 1.59. The molecule has 4 aromatic rings. The van der Waals surface area contributed by atoms with Crippen molar-refractivity contribution in [1.29, 1.82) is 0 Å². The van der Waals surface area contributed by atoms with Crippen LogP contribution in [0.2, 0.25) is 0 Å². The summed E-state index contributed by atoms with van der Waals surface area (Å²) in [6.07, 6.45) is 0.368. The molecule has 0 aliphatic rings. The molecule has 0 heterocycles. The van der Waals surface area contributed by atoms with E-state index in [1.807, 2.05) is 67.6 Å². The molecule has 0 fully saturated rings. The van der Waals surface area contributed by atoms with E-state index in [9.17, 15) is 4.79 Å². The van der Waals surface area contributed by atoms with Crippen molar-refractivity contribution in [3.8, 4) is 5.75 Å². The van der Waals surface area contributed by atoms with Crippen molar-refractivity contribution in [2.45, 2.75) is 39.2 Å². The first kappa shape index (κ1) is 22.6. The molecular weight excluding hydrogens is 406 g/mol. The second-order valence-corrected chi connectivity index (χ2v) is 8.66. The predicted molar refractivity (Wildman–Crippen MR) is 137 cm³/mol. The van der Waals surface area contributed by atoms with Gasteiger partial charge in [-0.15, -0.1) is 0 Å². The highest BCUT2D eigenvalue weighted by atomic mass is 16.5. The van der Waals surface area contributed by atoms with E-state index in [-0.39, 0.29) is 11.8 Å². The van der Waals surface area contributed by atoms with Gasteiger partial charge in [0.2, 0.25) is 0 Å². The molecule has 4 aromatic carbocycles. The lowest BCUT2D eigenvalue weighted by Crippen LogP contribution is -2.16. The van der Waals surface area contributed by atoms with Gasteiger partial charge in [0.15, 0.2) is 5.78 Å². The molecule has 168 valence electrons. The number of hydrogen-bond acceptors (Lipinski definition) is 3. The van der Waals surface area contributed by atoms with Crippen LogP contribution in [0.15, 0.2) is 91.0 Å². The molecule has 3 heteroatoms. The lowest BCUT2D eigenvalue weighted by Gasteiger charge is -2.21. The molecule has 1 unspecified atom stereocenters. The minimum atomic E-state index is -0.136. The van der Waals surface area contributed by atoms with Crippen LogP contribution < -0.4 is 10.1 Å².